The highest BCUT2D eigenvalue weighted by molar-refractivity contribution is 5.58. The van der Waals surface area contributed by atoms with Crippen molar-refractivity contribution < 1.29 is 9.47 Å². The van der Waals surface area contributed by atoms with Crippen LogP contribution in [0.25, 0.3) is 11.4 Å². The van der Waals surface area contributed by atoms with Crippen LogP contribution in [0.4, 0.5) is 11.9 Å². The minimum absolute atomic E-state index is 0.676. The van der Waals surface area contributed by atoms with Crippen LogP contribution in [0.2, 0.25) is 0 Å². The summed E-state index contributed by atoms with van der Waals surface area (Å²) in [5.74, 6) is 2.10. The Morgan fingerprint density at radius 1 is 0.708 bits per heavy atom. The Hall–Kier alpha value is -2.32. The second-order valence-corrected chi connectivity index (χ2v) is 5.69. The second kappa shape index (κ2) is 7.06. The van der Waals surface area contributed by atoms with Gasteiger partial charge in [0.05, 0.1) is 26.4 Å². The third-order valence-electron chi connectivity index (χ3n) is 4.14. The maximum atomic E-state index is 5.43. The average Bonchev–Trinajstić information content (AvgIpc) is 2.70. The first-order valence-corrected chi connectivity index (χ1v) is 8.22. The Bertz CT molecular complexity index is 635. The lowest BCUT2D eigenvalue weighted by Gasteiger charge is -2.30. The van der Waals surface area contributed by atoms with E-state index < -0.39 is 0 Å². The number of aromatic nitrogens is 4. The molecular weight excluding hydrogens is 308 g/mol. The van der Waals surface area contributed by atoms with Gasteiger partial charge in [-0.05, 0) is 12.1 Å². The molecular formula is C16H20N6O2. The van der Waals surface area contributed by atoms with Gasteiger partial charge in [-0.3, -0.25) is 4.98 Å². The van der Waals surface area contributed by atoms with E-state index in [2.05, 4.69) is 24.8 Å². The molecule has 4 heterocycles. The van der Waals surface area contributed by atoms with E-state index in [0.29, 0.717) is 44.1 Å². The normalized spacial score (nSPS) is 18.7. The van der Waals surface area contributed by atoms with E-state index in [1.54, 1.807) is 12.4 Å². The zero-order valence-electron chi connectivity index (χ0n) is 13.5. The smallest absolute Gasteiger partial charge is 0.230 e. The van der Waals surface area contributed by atoms with Crippen LogP contribution in [-0.2, 0) is 9.47 Å². The molecule has 2 aliphatic heterocycles. The summed E-state index contributed by atoms with van der Waals surface area (Å²) in [5, 5.41) is 0. The zero-order chi connectivity index (χ0) is 16.2. The molecule has 4 rings (SSSR count). The number of ether oxygens (including phenoxy) is 2. The molecule has 0 spiro atoms. The Kier molecular flexibility index (Phi) is 4.48. The zero-order valence-corrected chi connectivity index (χ0v) is 13.5. The fourth-order valence-electron chi connectivity index (χ4n) is 2.79. The molecule has 0 bridgehead atoms. The van der Waals surface area contributed by atoms with Gasteiger partial charge in [-0.25, -0.2) is 0 Å². The number of morpholine rings is 2. The first kappa shape index (κ1) is 15.2. The van der Waals surface area contributed by atoms with Gasteiger partial charge in [0.1, 0.15) is 0 Å². The number of hydrogen-bond donors (Lipinski definition) is 0. The van der Waals surface area contributed by atoms with Crippen LogP contribution in [0.5, 0.6) is 0 Å². The van der Waals surface area contributed by atoms with Crippen LogP contribution >= 0.6 is 0 Å². The van der Waals surface area contributed by atoms with E-state index in [0.717, 1.165) is 31.7 Å². The van der Waals surface area contributed by atoms with Gasteiger partial charge in [0, 0.05) is 44.1 Å². The molecule has 8 heteroatoms. The van der Waals surface area contributed by atoms with Crippen molar-refractivity contribution in [3.63, 3.8) is 0 Å². The van der Waals surface area contributed by atoms with Crippen molar-refractivity contribution in [2.24, 2.45) is 0 Å². The fraction of sp³-hybridized carbons (Fsp3) is 0.500. The molecule has 8 nitrogen and oxygen atoms in total. The van der Waals surface area contributed by atoms with Crippen LogP contribution in [0, 0.1) is 0 Å². The van der Waals surface area contributed by atoms with Gasteiger partial charge < -0.3 is 19.3 Å². The molecule has 0 N–H and O–H groups in total. The molecule has 0 aromatic carbocycles. The fourth-order valence-corrected chi connectivity index (χ4v) is 2.79. The first-order chi connectivity index (χ1) is 11.9. The van der Waals surface area contributed by atoms with Crippen LogP contribution in [0.1, 0.15) is 0 Å². The molecule has 0 unspecified atom stereocenters. The molecule has 2 aromatic heterocycles. The molecule has 2 saturated heterocycles. The van der Waals surface area contributed by atoms with Crippen molar-refractivity contribution in [1.29, 1.82) is 0 Å². The SMILES string of the molecule is c1cc(-c2nc(N3CCOCC3)nc(N3CCOCC3)n2)ccn1. The van der Waals surface area contributed by atoms with E-state index in [9.17, 15) is 0 Å². The topological polar surface area (TPSA) is 76.5 Å². The van der Waals surface area contributed by atoms with Gasteiger partial charge in [-0.2, -0.15) is 15.0 Å². The van der Waals surface area contributed by atoms with E-state index >= 15 is 0 Å². The van der Waals surface area contributed by atoms with E-state index in [1.807, 2.05) is 12.1 Å². The number of hydrogen-bond acceptors (Lipinski definition) is 8. The average molecular weight is 328 g/mol. The summed E-state index contributed by atoms with van der Waals surface area (Å²) in [6.07, 6.45) is 3.50. The maximum absolute atomic E-state index is 5.43. The van der Waals surface area contributed by atoms with Gasteiger partial charge >= 0.3 is 0 Å². The third kappa shape index (κ3) is 3.29. The van der Waals surface area contributed by atoms with Crippen LogP contribution < -0.4 is 9.80 Å². The summed E-state index contributed by atoms with van der Waals surface area (Å²) < 4.78 is 10.9. The quantitative estimate of drug-likeness (QED) is 0.811. The Morgan fingerprint density at radius 2 is 1.21 bits per heavy atom. The lowest BCUT2D eigenvalue weighted by atomic mass is 10.2. The van der Waals surface area contributed by atoms with Gasteiger partial charge in [0.2, 0.25) is 11.9 Å². The molecule has 0 atom stereocenters. The predicted molar refractivity (Wildman–Crippen MR) is 89.1 cm³/mol. The number of anilines is 2. The van der Waals surface area contributed by atoms with Gasteiger partial charge in [-0.1, -0.05) is 0 Å². The summed E-state index contributed by atoms with van der Waals surface area (Å²) in [6, 6.07) is 3.84. The molecule has 0 saturated carbocycles. The Labute approximate surface area is 140 Å². The van der Waals surface area contributed by atoms with Crippen LogP contribution in [0.3, 0.4) is 0 Å². The highest BCUT2D eigenvalue weighted by Gasteiger charge is 2.21. The van der Waals surface area contributed by atoms with Crippen molar-refractivity contribution in [2.75, 3.05) is 62.4 Å². The minimum atomic E-state index is 0.676. The lowest BCUT2D eigenvalue weighted by Crippen LogP contribution is -2.40. The summed E-state index contributed by atoms with van der Waals surface area (Å²) in [4.78, 5) is 22.5. The minimum Gasteiger partial charge on any atom is -0.378 e. The van der Waals surface area contributed by atoms with Crippen LogP contribution in [-0.4, -0.2) is 72.5 Å². The lowest BCUT2D eigenvalue weighted by molar-refractivity contribution is 0.121. The summed E-state index contributed by atoms with van der Waals surface area (Å²) in [6.45, 7) is 5.97. The molecule has 0 radical (unpaired) electrons. The van der Waals surface area contributed by atoms with Crippen molar-refractivity contribution in [3.05, 3.63) is 24.5 Å². The van der Waals surface area contributed by atoms with Crippen LogP contribution in [0.15, 0.2) is 24.5 Å². The highest BCUT2D eigenvalue weighted by Crippen LogP contribution is 2.22. The van der Waals surface area contributed by atoms with Crippen molar-refractivity contribution in [3.8, 4) is 11.4 Å². The standard InChI is InChI=1S/C16H20N6O2/c1-3-17-4-2-13(1)14-18-15(21-5-9-23-10-6-21)20-16(19-14)22-7-11-24-12-8-22/h1-4H,5-12H2. The van der Waals surface area contributed by atoms with E-state index in [-0.39, 0.29) is 0 Å². The highest BCUT2D eigenvalue weighted by atomic mass is 16.5. The largest absolute Gasteiger partial charge is 0.378 e. The molecule has 0 amide bonds. The summed E-state index contributed by atoms with van der Waals surface area (Å²) in [5.41, 5.74) is 0.941. The molecule has 2 aromatic rings. The molecule has 0 aliphatic carbocycles. The Morgan fingerprint density at radius 3 is 1.71 bits per heavy atom. The van der Waals surface area contributed by atoms with Gasteiger partial charge in [0.15, 0.2) is 5.82 Å². The third-order valence-corrected chi connectivity index (χ3v) is 4.14. The van der Waals surface area contributed by atoms with Crippen molar-refractivity contribution in [2.45, 2.75) is 0 Å². The Balaban J connectivity index is 1.72. The number of pyridine rings is 1. The number of nitrogens with zero attached hydrogens (tertiary/aromatic N) is 6. The predicted octanol–water partition coefficient (Wildman–Crippen LogP) is 0.607. The molecule has 2 aliphatic rings. The first-order valence-electron chi connectivity index (χ1n) is 8.22. The summed E-state index contributed by atoms with van der Waals surface area (Å²) >= 11 is 0. The van der Waals surface area contributed by atoms with Crippen molar-refractivity contribution in [1.82, 2.24) is 19.9 Å². The van der Waals surface area contributed by atoms with Gasteiger partial charge in [0.25, 0.3) is 0 Å². The van der Waals surface area contributed by atoms with Gasteiger partial charge in [-0.15, -0.1) is 0 Å². The van der Waals surface area contributed by atoms with Crippen molar-refractivity contribution >= 4 is 11.9 Å². The summed E-state index contributed by atoms with van der Waals surface area (Å²) in [7, 11) is 0. The monoisotopic (exact) mass is 328 g/mol. The molecule has 2 fully saturated rings. The number of rotatable bonds is 3. The molecule has 24 heavy (non-hydrogen) atoms. The molecule has 126 valence electrons. The second-order valence-electron chi connectivity index (χ2n) is 5.69. The van der Waals surface area contributed by atoms with E-state index in [4.69, 9.17) is 14.5 Å². The maximum Gasteiger partial charge on any atom is 0.230 e. The van der Waals surface area contributed by atoms with E-state index in [1.165, 1.54) is 0 Å².